The van der Waals surface area contributed by atoms with Crippen molar-refractivity contribution in [2.75, 3.05) is 39.6 Å². The second-order valence-corrected chi connectivity index (χ2v) is 8.41. The summed E-state index contributed by atoms with van der Waals surface area (Å²) in [5.74, 6) is 0.796. The van der Waals surface area contributed by atoms with E-state index < -0.39 is 18.6 Å². The van der Waals surface area contributed by atoms with Crippen LogP contribution in [0.4, 0.5) is 0 Å². The highest BCUT2D eigenvalue weighted by Gasteiger charge is 2.29. The van der Waals surface area contributed by atoms with Crippen LogP contribution in [0.25, 0.3) is 10.9 Å². The summed E-state index contributed by atoms with van der Waals surface area (Å²) < 4.78 is 10.8. The lowest BCUT2D eigenvalue weighted by atomic mass is 10.1. The molecule has 3 aromatic rings. The van der Waals surface area contributed by atoms with Gasteiger partial charge in [-0.2, -0.15) is 0 Å². The fourth-order valence-corrected chi connectivity index (χ4v) is 4.27. The zero-order valence-corrected chi connectivity index (χ0v) is 18.6. The quantitative estimate of drug-likeness (QED) is 0.571. The van der Waals surface area contributed by atoms with Crippen molar-refractivity contribution in [2.24, 2.45) is 0 Å². The molecule has 3 heterocycles. The van der Waals surface area contributed by atoms with Crippen LogP contribution in [0.1, 0.15) is 15.9 Å². The zero-order valence-electron chi connectivity index (χ0n) is 18.6. The first kappa shape index (κ1) is 22.1. The molecule has 2 amide bonds. The van der Waals surface area contributed by atoms with E-state index in [1.807, 2.05) is 42.5 Å². The molecular weight excluding hydrogens is 436 g/mol. The number of fused-ring (bicyclic) bond motifs is 2. The van der Waals surface area contributed by atoms with Crippen molar-refractivity contribution >= 4 is 22.7 Å². The number of rotatable bonds is 6. The van der Waals surface area contributed by atoms with Gasteiger partial charge in [0.15, 0.2) is 11.5 Å². The van der Waals surface area contributed by atoms with Crippen LogP contribution in [0.15, 0.2) is 54.7 Å². The number of piperazine rings is 1. The molecule has 0 saturated carbocycles. The summed E-state index contributed by atoms with van der Waals surface area (Å²) in [6.07, 6.45) is 1.48. The normalized spacial score (nSPS) is 16.4. The molecule has 1 atom stereocenters. The average Bonchev–Trinajstić information content (AvgIpc) is 3.35. The fourth-order valence-electron chi connectivity index (χ4n) is 4.27. The third kappa shape index (κ3) is 4.66. The number of hydrogen-bond acceptors (Lipinski definition) is 7. The van der Waals surface area contributed by atoms with Gasteiger partial charge in [-0.3, -0.25) is 19.5 Å². The molecule has 2 aliphatic rings. The number of nitrogens with one attached hydrogen (secondary N) is 1. The van der Waals surface area contributed by atoms with Gasteiger partial charge in [-0.05, 0) is 29.8 Å². The van der Waals surface area contributed by atoms with E-state index >= 15 is 0 Å². The summed E-state index contributed by atoms with van der Waals surface area (Å²) in [5, 5.41) is 13.3. The maximum absolute atomic E-state index is 13.0. The Morgan fingerprint density at radius 3 is 2.65 bits per heavy atom. The molecule has 2 aromatic carbocycles. The molecule has 9 heteroatoms. The number of carbonyl (C=O) groups excluding carboxylic acids is 2. The van der Waals surface area contributed by atoms with Crippen molar-refractivity contribution in [3.63, 3.8) is 0 Å². The Hall–Kier alpha value is -3.69. The molecule has 1 unspecified atom stereocenters. The number of ether oxygens (including phenoxy) is 2. The Labute approximate surface area is 196 Å². The van der Waals surface area contributed by atoms with Gasteiger partial charge in [-0.1, -0.05) is 24.3 Å². The number of benzene rings is 2. The van der Waals surface area contributed by atoms with E-state index in [-0.39, 0.29) is 12.7 Å². The summed E-state index contributed by atoms with van der Waals surface area (Å²) in [6.45, 7) is 2.96. The van der Waals surface area contributed by atoms with E-state index in [2.05, 4.69) is 15.2 Å². The molecule has 34 heavy (non-hydrogen) atoms. The first-order valence-electron chi connectivity index (χ1n) is 11.3. The lowest BCUT2D eigenvalue weighted by Crippen LogP contribution is -2.55. The van der Waals surface area contributed by atoms with Crippen molar-refractivity contribution in [3.05, 3.63) is 65.9 Å². The molecule has 2 aliphatic heterocycles. The fraction of sp³-hybridized carbons (Fsp3) is 0.320. The summed E-state index contributed by atoms with van der Waals surface area (Å²) in [5.41, 5.74) is 2.25. The molecule has 1 aromatic heterocycles. The molecule has 176 valence electrons. The van der Waals surface area contributed by atoms with Crippen molar-refractivity contribution in [1.82, 2.24) is 20.1 Å². The van der Waals surface area contributed by atoms with Crippen LogP contribution in [-0.4, -0.2) is 77.3 Å². The SMILES string of the molecule is O=C(NC(CO)C(=O)N1CCN(Cc2ccc3c(c2)OCO3)CC1)c1cnc2ccccc2c1. The standard InChI is InChI=1S/C25H26N4O5/c30-15-21(27-24(31)19-12-18-3-1-2-4-20(18)26-13-19)25(32)29-9-7-28(8-10-29)14-17-5-6-22-23(11-17)34-16-33-22/h1-6,11-13,21,30H,7-10,14-16H2,(H,27,31). The molecule has 0 aliphatic carbocycles. The largest absolute Gasteiger partial charge is 0.454 e. The van der Waals surface area contributed by atoms with Gasteiger partial charge < -0.3 is 24.8 Å². The van der Waals surface area contributed by atoms with Crippen LogP contribution >= 0.6 is 0 Å². The molecule has 0 bridgehead atoms. The van der Waals surface area contributed by atoms with E-state index in [0.717, 1.165) is 34.5 Å². The van der Waals surface area contributed by atoms with E-state index in [1.54, 1.807) is 11.0 Å². The van der Waals surface area contributed by atoms with Gasteiger partial charge in [0.25, 0.3) is 5.91 Å². The molecule has 2 N–H and O–H groups in total. The van der Waals surface area contributed by atoms with Crippen LogP contribution < -0.4 is 14.8 Å². The highest BCUT2D eigenvalue weighted by Crippen LogP contribution is 2.32. The van der Waals surface area contributed by atoms with Crippen LogP contribution in [0.2, 0.25) is 0 Å². The Morgan fingerprint density at radius 1 is 1.03 bits per heavy atom. The minimum atomic E-state index is -1.00. The van der Waals surface area contributed by atoms with Gasteiger partial charge in [-0.25, -0.2) is 0 Å². The molecule has 0 spiro atoms. The maximum atomic E-state index is 13.0. The first-order valence-corrected chi connectivity index (χ1v) is 11.3. The highest BCUT2D eigenvalue weighted by atomic mass is 16.7. The lowest BCUT2D eigenvalue weighted by Gasteiger charge is -2.36. The summed E-state index contributed by atoms with van der Waals surface area (Å²) in [4.78, 5) is 34.0. The second-order valence-electron chi connectivity index (χ2n) is 8.41. The topological polar surface area (TPSA) is 104 Å². The third-order valence-corrected chi connectivity index (χ3v) is 6.17. The van der Waals surface area contributed by atoms with E-state index in [0.29, 0.717) is 31.7 Å². The number of para-hydroxylation sites is 1. The molecular formula is C25H26N4O5. The van der Waals surface area contributed by atoms with Crippen LogP contribution in [0.5, 0.6) is 11.5 Å². The minimum Gasteiger partial charge on any atom is -0.454 e. The minimum absolute atomic E-state index is 0.250. The smallest absolute Gasteiger partial charge is 0.253 e. The molecule has 1 saturated heterocycles. The van der Waals surface area contributed by atoms with Crippen molar-refractivity contribution in [1.29, 1.82) is 0 Å². The van der Waals surface area contributed by atoms with Crippen LogP contribution in [0.3, 0.4) is 0 Å². The monoisotopic (exact) mass is 462 g/mol. The van der Waals surface area contributed by atoms with Crippen molar-refractivity contribution < 1.29 is 24.2 Å². The molecule has 5 rings (SSSR count). The van der Waals surface area contributed by atoms with Crippen molar-refractivity contribution in [2.45, 2.75) is 12.6 Å². The first-order chi connectivity index (χ1) is 16.6. The van der Waals surface area contributed by atoms with E-state index in [9.17, 15) is 14.7 Å². The second kappa shape index (κ2) is 9.66. The average molecular weight is 463 g/mol. The summed E-state index contributed by atoms with van der Waals surface area (Å²) in [6, 6.07) is 14.1. The number of hydrogen-bond donors (Lipinski definition) is 2. The number of pyridine rings is 1. The third-order valence-electron chi connectivity index (χ3n) is 6.17. The highest BCUT2D eigenvalue weighted by molar-refractivity contribution is 5.99. The number of aliphatic hydroxyl groups is 1. The molecule has 9 nitrogen and oxygen atoms in total. The predicted octanol–water partition coefficient (Wildman–Crippen LogP) is 1.40. The Balaban J connectivity index is 1.16. The van der Waals surface area contributed by atoms with Crippen LogP contribution in [-0.2, 0) is 11.3 Å². The van der Waals surface area contributed by atoms with Gasteiger partial charge in [0, 0.05) is 44.3 Å². The Morgan fingerprint density at radius 2 is 1.82 bits per heavy atom. The Bertz CT molecular complexity index is 1210. The zero-order chi connectivity index (χ0) is 23.5. The number of aliphatic hydroxyl groups excluding tert-OH is 1. The van der Waals surface area contributed by atoms with Crippen LogP contribution in [0, 0.1) is 0 Å². The predicted molar refractivity (Wildman–Crippen MR) is 125 cm³/mol. The van der Waals surface area contributed by atoms with E-state index in [1.165, 1.54) is 6.20 Å². The lowest BCUT2D eigenvalue weighted by molar-refractivity contribution is -0.136. The van der Waals surface area contributed by atoms with Gasteiger partial charge in [0.1, 0.15) is 6.04 Å². The summed E-state index contributed by atoms with van der Waals surface area (Å²) >= 11 is 0. The Kier molecular flexibility index (Phi) is 6.29. The number of aromatic nitrogens is 1. The van der Waals surface area contributed by atoms with Gasteiger partial charge in [0.2, 0.25) is 12.7 Å². The number of carbonyl (C=O) groups is 2. The van der Waals surface area contributed by atoms with Gasteiger partial charge in [-0.15, -0.1) is 0 Å². The molecule has 1 fully saturated rings. The van der Waals surface area contributed by atoms with Gasteiger partial charge >= 0.3 is 0 Å². The van der Waals surface area contributed by atoms with Gasteiger partial charge in [0.05, 0.1) is 17.7 Å². The molecule has 0 radical (unpaired) electrons. The van der Waals surface area contributed by atoms with Crippen molar-refractivity contribution in [3.8, 4) is 11.5 Å². The maximum Gasteiger partial charge on any atom is 0.253 e. The number of nitrogens with zero attached hydrogens (tertiary/aromatic N) is 3. The van der Waals surface area contributed by atoms with E-state index in [4.69, 9.17) is 9.47 Å². The number of amides is 2. The summed E-state index contributed by atoms with van der Waals surface area (Å²) in [7, 11) is 0.